The number of hydrogen-bond donors (Lipinski definition) is 2. The number of aldehydes is 1. The summed E-state index contributed by atoms with van der Waals surface area (Å²) in [6.45, 7) is 0.0173. The molecular weight excluding hydrogens is 322 g/mol. The Kier molecular flexibility index (Phi) is 6.71. The summed E-state index contributed by atoms with van der Waals surface area (Å²) < 4.78 is 5.02. The molecule has 0 fully saturated rings. The Morgan fingerprint density at radius 3 is 2.08 bits per heavy atom. The normalized spacial score (nSPS) is 12.6. The van der Waals surface area contributed by atoms with Gasteiger partial charge in [0.2, 0.25) is 0 Å². The summed E-state index contributed by atoms with van der Waals surface area (Å²) >= 11 is 0. The van der Waals surface area contributed by atoms with Crippen LogP contribution in [0, 0.1) is 5.92 Å². The molecule has 0 heterocycles. The van der Waals surface area contributed by atoms with Gasteiger partial charge in [-0.15, -0.1) is 0 Å². The maximum atomic E-state index is 11.9. The fourth-order valence-corrected chi connectivity index (χ4v) is 2.37. The van der Waals surface area contributed by atoms with E-state index in [2.05, 4.69) is 5.32 Å². The molecule has 0 spiro atoms. The first-order valence-electron chi connectivity index (χ1n) is 7.79. The van der Waals surface area contributed by atoms with Gasteiger partial charge in [0, 0.05) is 5.92 Å². The highest BCUT2D eigenvalue weighted by molar-refractivity contribution is 5.83. The Morgan fingerprint density at radius 2 is 1.56 bits per heavy atom. The predicted molar refractivity (Wildman–Crippen MR) is 90.9 cm³/mol. The summed E-state index contributed by atoms with van der Waals surface area (Å²) in [5, 5.41) is 11.6. The second kappa shape index (κ2) is 9.22. The number of rotatable bonds is 8. The topological polar surface area (TPSA) is 92.7 Å². The largest absolute Gasteiger partial charge is 0.480 e. The average molecular weight is 341 g/mol. The fourth-order valence-electron chi connectivity index (χ4n) is 2.37. The zero-order valence-electron chi connectivity index (χ0n) is 13.5. The van der Waals surface area contributed by atoms with Crippen LogP contribution in [0.5, 0.6) is 0 Å². The highest BCUT2D eigenvalue weighted by atomic mass is 16.5. The molecule has 0 aliphatic heterocycles. The average Bonchev–Trinajstić information content (AvgIpc) is 2.64. The van der Waals surface area contributed by atoms with E-state index in [9.17, 15) is 19.5 Å². The maximum absolute atomic E-state index is 11.9. The van der Waals surface area contributed by atoms with Gasteiger partial charge in [-0.05, 0) is 17.5 Å². The van der Waals surface area contributed by atoms with E-state index >= 15 is 0 Å². The Labute approximate surface area is 145 Å². The van der Waals surface area contributed by atoms with Crippen LogP contribution in [0.1, 0.15) is 11.1 Å². The molecule has 0 radical (unpaired) electrons. The van der Waals surface area contributed by atoms with Crippen LogP contribution in [0.3, 0.4) is 0 Å². The SMILES string of the molecule is O=C[C@H](Cc1ccccc1)[C@H](NC(=O)OCc1ccccc1)C(=O)O. The van der Waals surface area contributed by atoms with E-state index in [0.29, 0.717) is 6.29 Å². The summed E-state index contributed by atoms with van der Waals surface area (Å²) in [6.07, 6.45) is -0.125. The first-order chi connectivity index (χ1) is 12.1. The van der Waals surface area contributed by atoms with E-state index in [-0.39, 0.29) is 13.0 Å². The molecule has 0 bridgehead atoms. The van der Waals surface area contributed by atoms with Crippen molar-refractivity contribution in [2.75, 3.05) is 0 Å². The summed E-state index contributed by atoms with van der Waals surface area (Å²) in [7, 11) is 0. The van der Waals surface area contributed by atoms with Gasteiger partial charge in [-0.3, -0.25) is 0 Å². The van der Waals surface area contributed by atoms with Gasteiger partial charge in [-0.1, -0.05) is 60.7 Å². The molecule has 2 N–H and O–H groups in total. The van der Waals surface area contributed by atoms with Crippen LogP contribution in [0.4, 0.5) is 4.79 Å². The van der Waals surface area contributed by atoms with E-state index in [0.717, 1.165) is 11.1 Å². The van der Waals surface area contributed by atoms with E-state index in [4.69, 9.17) is 4.74 Å². The summed E-state index contributed by atoms with van der Waals surface area (Å²) in [5.41, 5.74) is 1.59. The third-order valence-electron chi connectivity index (χ3n) is 3.67. The number of carbonyl (C=O) groups excluding carboxylic acids is 2. The first-order valence-corrected chi connectivity index (χ1v) is 7.79. The second-order valence-electron chi connectivity index (χ2n) is 5.51. The molecule has 6 heteroatoms. The summed E-state index contributed by atoms with van der Waals surface area (Å²) in [5.74, 6) is -2.19. The molecule has 0 unspecified atom stereocenters. The van der Waals surface area contributed by atoms with Crippen molar-refractivity contribution in [2.45, 2.75) is 19.1 Å². The van der Waals surface area contributed by atoms with Crippen molar-refractivity contribution < 1.29 is 24.2 Å². The van der Waals surface area contributed by atoms with Gasteiger partial charge in [0.1, 0.15) is 18.9 Å². The maximum Gasteiger partial charge on any atom is 0.408 e. The Bertz CT molecular complexity index is 702. The second-order valence-corrected chi connectivity index (χ2v) is 5.51. The van der Waals surface area contributed by atoms with Crippen LogP contribution in [0.2, 0.25) is 0 Å². The number of carbonyl (C=O) groups is 3. The number of nitrogens with one attached hydrogen (secondary N) is 1. The number of hydrogen-bond acceptors (Lipinski definition) is 4. The molecule has 0 aliphatic rings. The zero-order chi connectivity index (χ0) is 18.1. The van der Waals surface area contributed by atoms with E-state index in [1.54, 1.807) is 48.5 Å². The standard InChI is InChI=1S/C19H19NO5/c21-12-16(11-14-7-3-1-4-8-14)17(18(22)23)20-19(24)25-13-15-9-5-2-6-10-15/h1-10,12,16-17H,11,13H2,(H,20,24)(H,22,23)/t16-,17-/m0/s1. The van der Waals surface area contributed by atoms with E-state index in [1.165, 1.54) is 0 Å². The predicted octanol–water partition coefficient (Wildman–Crippen LogP) is 2.42. The first kappa shape index (κ1) is 18.2. The van der Waals surface area contributed by atoms with E-state index < -0.39 is 24.0 Å². The molecule has 25 heavy (non-hydrogen) atoms. The number of aliphatic carboxylic acids is 1. The van der Waals surface area contributed by atoms with E-state index in [1.807, 2.05) is 12.1 Å². The van der Waals surface area contributed by atoms with Crippen molar-refractivity contribution in [2.24, 2.45) is 5.92 Å². The van der Waals surface area contributed by atoms with Crippen LogP contribution in [-0.4, -0.2) is 29.5 Å². The highest BCUT2D eigenvalue weighted by Gasteiger charge is 2.30. The Balaban J connectivity index is 1.97. The minimum absolute atomic E-state index is 0.0173. The molecule has 2 aromatic carbocycles. The molecule has 0 aromatic heterocycles. The monoisotopic (exact) mass is 341 g/mol. The third kappa shape index (κ3) is 5.76. The van der Waals surface area contributed by atoms with Gasteiger partial charge >= 0.3 is 12.1 Å². The van der Waals surface area contributed by atoms with Gasteiger partial charge in [0.15, 0.2) is 0 Å². The number of ether oxygens (including phenoxy) is 1. The highest BCUT2D eigenvalue weighted by Crippen LogP contribution is 2.12. The molecule has 6 nitrogen and oxygen atoms in total. The van der Waals surface area contributed by atoms with Crippen molar-refractivity contribution in [1.82, 2.24) is 5.32 Å². The van der Waals surface area contributed by atoms with Crippen molar-refractivity contribution in [3.63, 3.8) is 0 Å². The number of amides is 1. The molecule has 0 aliphatic carbocycles. The number of benzene rings is 2. The van der Waals surface area contributed by atoms with Gasteiger partial charge in [-0.2, -0.15) is 0 Å². The number of alkyl carbamates (subject to hydrolysis) is 1. The molecule has 130 valence electrons. The lowest BCUT2D eigenvalue weighted by atomic mass is 9.93. The quantitative estimate of drug-likeness (QED) is 0.719. The van der Waals surface area contributed by atoms with Crippen molar-refractivity contribution >= 4 is 18.3 Å². The zero-order valence-corrected chi connectivity index (χ0v) is 13.5. The molecule has 1 amide bonds. The molecule has 0 saturated carbocycles. The van der Waals surface area contributed by atoms with Crippen LogP contribution in [0.15, 0.2) is 60.7 Å². The summed E-state index contributed by atoms with van der Waals surface area (Å²) in [4.78, 5) is 34.7. The van der Waals surface area contributed by atoms with Crippen molar-refractivity contribution in [3.8, 4) is 0 Å². The van der Waals surface area contributed by atoms with Crippen LogP contribution in [-0.2, 0) is 27.4 Å². The number of carboxylic acids is 1. The summed E-state index contributed by atoms with van der Waals surface area (Å²) in [6, 6.07) is 16.7. The lowest BCUT2D eigenvalue weighted by Gasteiger charge is -2.20. The Hall–Kier alpha value is -3.15. The lowest BCUT2D eigenvalue weighted by Crippen LogP contribution is -2.47. The van der Waals surface area contributed by atoms with Gasteiger partial charge in [-0.25, -0.2) is 9.59 Å². The molecular formula is C19H19NO5. The van der Waals surface area contributed by atoms with Gasteiger partial charge < -0.3 is 20.0 Å². The minimum Gasteiger partial charge on any atom is -0.480 e. The van der Waals surface area contributed by atoms with Gasteiger partial charge in [0.05, 0.1) is 0 Å². The van der Waals surface area contributed by atoms with Crippen LogP contribution >= 0.6 is 0 Å². The van der Waals surface area contributed by atoms with Crippen molar-refractivity contribution in [1.29, 1.82) is 0 Å². The van der Waals surface area contributed by atoms with Crippen LogP contribution < -0.4 is 5.32 Å². The Morgan fingerprint density at radius 1 is 1.00 bits per heavy atom. The van der Waals surface area contributed by atoms with Crippen LogP contribution in [0.25, 0.3) is 0 Å². The van der Waals surface area contributed by atoms with Gasteiger partial charge in [0.25, 0.3) is 0 Å². The molecule has 2 rings (SSSR count). The smallest absolute Gasteiger partial charge is 0.408 e. The third-order valence-corrected chi connectivity index (χ3v) is 3.67. The molecule has 2 aromatic rings. The minimum atomic E-state index is -1.36. The lowest BCUT2D eigenvalue weighted by molar-refractivity contribution is -0.142. The molecule has 2 atom stereocenters. The fraction of sp³-hybridized carbons (Fsp3) is 0.211. The molecule has 0 saturated heterocycles. The number of carboxylic acid groups (broad SMARTS) is 1. The van der Waals surface area contributed by atoms with Crippen molar-refractivity contribution in [3.05, 3.63) is 71.8 Å².